The van der Waals surface area contributed by atoms with E-state index in [1.165, 1.54) is 6.33 Å². The molecule has 26 heteroatoms. The van der Waals surface area contributed by atoms with Crippen LogP contribution in [-0.2, 0) is 75.9 Å². The van der Waals surface area contributed by atoms with Gasteiger partial charge in [-0.05, 0) is 170 Å². The van der Waals surface area contributed by atoms with Crippen molar-refractivity contribution in [2.75, 3.05) is 86.8 Å². The Kier molecular flexibility index (Phi) is 26.6. The van der Waals surface area contributed by atoms with Crippen molar-refractivity contribution in [3.8, 4) is 61.7 Å². The smallest absolute Gasteiger partial charge is 0.177 e. The summed E-state index contributed by atoms with van der Waals surface area (Å²) >= 11 is 1.68. The fourth-order valence-corrected chi connectivity index (χ4v) is 18.5. The van der Waals surface area contributed by atoms with Crippen LogP contribution in [0.2, 0.25) is 0 Å². The molecule has 6 aliphatic carbocycles. The molecular formula is C98H106N14O11S. The van der Waals surface area contributed by atoms with Gasteiger partial charge < -0.3 is 54.0 Å². The number of ether oxygens (including phenoxy) is 3. The minimum Gasteiger partial charge on any atom is -0.387 e. The Hall–Kier alpha value is -11.9. The number of nitrogens with zero attached hydrogens (tertiary/aromatic N) is 14. The second kappa shape index (κ2) is 37.3. The van der Waals surface area contributed by atoms with E-state index in [-0.39, 0.29) is 71.0 Å². The number of allylic oxidation sites excluding steroid dienone is 5. The van der Waals surface area contributed by atoms with Crippen molar-refractivity contribution in [1.29, 1.82) is 0 Å². The quantitative estimate of drug-likeness (QED) is 0.0852. The fraction of sp³-hybridized carbons (Fsp3) is 0.439. The van der Waals surface area contributed by atoms with Crippen molar-refractivity contribution in [2.45, 2.75) is 184 Å². The molecule has 25 nitrogen and oxygen atoms in total. The average molecular weight is 1690 g/mol. The molecule has 5 aliphatic heterocycles. The monoisotopic (exact) mass is 1690 g/mol. The first-order valence-corrected chi connectivity index (χ1v) is 43.3. The summed E-state index contributed by atoms with van der Waals surface area (Å²) in [4.78, 5) is 105. The Morgan fingerprint density at radius 2 is 0.863 bits per heavy atom. The van der Waals surface area contributed by atoms with Gasteiger partial charge in [0, 0.05) is 149 Å². The van der Waals surface area contributed by atoms with E-state index in [9.17, 15) is 39.3 Å². The number of methoxy groups -OCH3 is 3. The number of pyridine rings is 5. The highest BCUT2D eigenvalue weighted by molar-refractivity contribution is 7.09. The summed E-state index contributed by atoms with van der Waals surface area (Å²) in [7, 11) is 5.21. The number of likely N-dealkylation sites (tertiary alicyclic amines) is 5. The number of terminal acetylenes is 5. The third kappa shape index (κ3) is 18.7. The predicted octanol–water partition coefficient (Wildman–Crippen LogP) is 10.5. The van der Waals surface area contributed by atoms with Crippen molar-refractivity contribution in [1.82, 2.24) is 69.2 Å². The second-order valence-electron chi connectivity index (χ2n) is 34.6. The zero-order valence-electron chi connectivity index (χ0n) is 72.0. The SMILES string of the molecule is C#CC1=C(N2CCC(C)(OC)CC2)c2nc(C(C)(C)O)ccc2CC1=O.C#CC1=C(N2CCC(C)(OC)CC2)c2nc(C(C)O)ccc2CC1=O.C#CC1=C(N2CCC(C)(OC)CC2)c2nc(C(O)C3CC3)ccc2CC1=O.C#CC1=C(N2CCC(c3nccs3)C2)c2ncccc2CC1=O.C#CC1=C(N2CC[C@H](n3cncn3)C2)c2ncccc2CC1=O. The summed E-state index contributed by atoms with van der Waals surface area (Å²) < 4.78 is 18.7. The van der Waals surface area contributed by atoms with Crippen LogP contribution in [-0.4, -0.2) is 217 Å². The minimum atomic E-state index is -1.06. The van der Waals surface area contributed by atoms with Crippen LogP contribution in [0, 0.1) is 67.6 Å². The largest absolute Gasteiger partial charge is 0.387 e. The zero-order valence-corrected chi connectivity index (χ0v) is 72.8. The minimum absolute atomic E-state index is 0.00722. The van der Waals surface area contributed by atoms with Gasteiger partial charge in [0.2, 0.25) is 0 Å². The van der Waals surface area contributed by atoms with Gasteiger partial charge in [-0.1, -0.05) is 59.9 Å². The van der Waals surface area contributed by atoms with Gasteiger partial charge in [0.05, 0.1) is 142 Å². The molecule has 11 aliphatic rings. The molecule has 3 unspecified atom stereocenters. The molecule has 5 saturated heterocycles. The molecule has 12 heterocycles. The lowest BCUT2D eigenvalue weighted by Crippen LogP contribution is -2.44. The number of aliphatic hydroxyl groups excluding tert-OH is 2. The van der Waals surface area contributed by atoms with E-state index in [1.54, 1.807) is 84.3 Å². The molecule has 0 spiro atoms. The average Bonchev–Trinajstić information content (AvgIpc) is 0.961. The molecule has 6 fully saturated rings. The lowest BCUT2D eigenvalue weighted by molar-refractivity contribution is -0.115. The lowest BCUT2D eigenvalue weighted by Gasteiger charge is -2.41. The predicted molar refractivity (Wildman–Crippen MR) is 472 cm³/mol. The van der Waals surface area contributed by atoms with Gasteiger partial charge in [-0.15, -0.1) is 43.5 Å². The fourth-order valence-electron chi connectivity index (χ4n) is 17.8. The Morgan fingerprint density at radius 3 is 1.24 bits per heavy atom. The van der Waals surface area contributed by atoms with Gasteiger partial charge in [0.15, 0.2) is 28.9 Å². The van der Waals surface area contributed by atoms with Crippen LogP contribution in [0.15, 0.2) is 125 Å². The van der Waals surface area contributed by atoms with Crippen molar-refractivity contribution in [3.63, 3.8) is 0 Å². The standard InChI is InChI=1S/C22H26N2O3.C21H26N2O3.C20H24N2O3.C18H15N3OS.C17H15N5O/c1-4-16-18(25)13-15-7-8-17(21(26)14-5-6-14)23-19(15)20(16)24-11-9-22(2,27-3)10-12-24;1-6-15-16(24)13-14-7-8-17(20(2,3)25)22-18(14)19(15)23-11-9-21(4,26-5)10-12-23;1-5-15-17(24)12-14-6-7-16(13(2)23)21-18(14)19(15)22-10-8-20(3,25-4)9-11-22;1-2-14-15(22)10-12-4-3-6-19-16(12)17(14)21-8-5-13(11-21)18-20-7-9-23-18;1-2-14-15(23)8-12-4-3-6-19-16(12)17(14)21-7-5-13(9-21)22-11-18-10-20-22/h1,7-8,14,21,26H,5-6,9-13H2,2-3H3;1,7-8,25H,9-13H2,2-5H3;1,6-7,13,23H,8-12H2,2-4H3;1,3-4,6-7,9,13H,5,8,10-11H2;1,3-4,6,10-11,13H,5,7-9H2/t;;;;13-/m....0/s1. The zero-order chi connectivity index (χ0) is 88.1. The van der Waals surface area contributed by atoms with E-state index in [0.717, 1.165) is 219 Å². The molecule has 0 bridgehead atoms. The molecular weight excluding hydrogens is 1580 g/mol. The maximum atomic E-state index is 12.6. The third-order valence-corrected chi connectivity index (χ3v) is 26.8. The molecule has 7 aromatic rings. The van der Waals surface area contributed by atoms with Gasteiger partial charge in [-0.25, -0.2) is 29.6 Å². The number of Topliss-reactive ketones (excluding diaryl/α,β-unsaturated/α-hetero) is 5. The van der Waals surface area contributed by atoms with Crippen molar-refractivity contribution in [2.24, 2.45) is 5.92 Å². The van der Waals surface area contributed by atoms with Gasteiger partial charge in [-0.3, -0.25) is 33.9 Å². The molecule has 0 amide bonds. The summed E-state index contributed by atoms with van der Waals surface area (Å²) in [5, 5.41) is 38.1. The topological polar surface area (TPSA) is 298 Å². The number of piperidine rings is 3. The first-order valence-electron chi connectivity index (χ1n) is 42.4. The Labute approximate surface area is 729 Å². The first kappa shape index (κ1) is 88.4. The Morgan fingerprint density at radius 1 is 0.476 bits per heavy atom. The summed E-state index contributed by atoms with van der Waals surface area (Å²) in [6.07, 6.45) is 46.4. The van der Waals surface area contributed by atoms with Crippen molar-refractivity contribution in [3.05, 3.63) is 204 Å². The van der Waals surface area contributed by atoms with Crippen LogP contribution in [0.1, 0.15) is 208 Å². The molecule has 4 atom stereocenters. The highest BCUT2D eigenvalue weighted by atomic mass is 32.1. The van der Waals surface area contributed by atoms with E-state index in [2.05, 4.69) is 105 Å². The summed E-state index contributed by atoms with van der Waals surface area (Å²) in [5.74, 6) is 13.6. The summed E-state index contributed by atoms with van der Waals surface area (Å²) in [5.41, 5.74) is 14.7. The van der Waals surface area contributed by atoms with Gasteiger partial charge >= 0.3 is 0 Å². The van der Waals surface area contributed by atoms with Crippen LogP contribution in [0.5, 0.6) is 0 Å². The highest BCUT2D eigenvalue weighted by Crippen LogP contribution is 2.45. The maximum Gasteiger partial charge on any atom is 0.177 e. The number of aliphatic hydroxyl groups is 3. The van der Waals surface area contributed by atoms with Crippen LogP contribution in [0.3, 0.4) is 0 Å². The molecule has 18 rings (SSSR count). The van der Waals surface area contributed by atoms with Crippen LogP contribution in [0.4, 0.5) is 0 Å². The van der Waals surface area contributed by atoms with E-state index in [1.807, 2.05) is 64.8 Å². The summed E-state index contributed by atoms with van der Waals surface area (Å²) in [6, 6.07) is 18.9. The number of carbonyl (C=O) groups excluding carboxylic acids is 5. The number of aromatic nitrogens is 9. The summed E-state index contributed by atoms with van der Waals surface area (Å²) in [6.45, 7) is 19.2. The molecule has 124 heavy (non-hydrogen) atoms. The number of carbonyl (C=O) groups is 5. The molecule has 640 valence electrons. The maximum absolute atomic E-state index is 12.6. The number of hydrogen-bond acceptors (Lipinski definition) is 25. The Bertz CT molecular complexity index is 5550. The normalized spacial score (nSPS) is 21.1. The molecule has 7 aromatic heterocycles. The van der Waals surface area contributed by atoms with Crippen LogP contribution < -0.4 is 0 Å². The number of rotatable bonds is 14. The lowest BCUT2D eigenvalue weighted by atomic mass is 9.87. The third-order valence-electron chi connectivity index (χ3n) is 25.9. The van der Waals surface area contributed by atoms with Crippen LogP contribution in [0.25, 0.3) is 28.5 Å². The van der Waals surface area contributed by atoms with Crippen molar-refractivity contribution >= 4 is 68.7 Å². The number of hydrogen-bond donors (Lipinski definition) is 3. The van der Waals surface area contributed by atoms with Gasteiger partial charge in [0.1, 0.15) is 18.3 Å². The molecule has 3 N–H and O–H groups in total. The van der Waals surface area contributed by atoms with E-state index in [4.69, 9.17) is 56.3 Å². The van der Waals surface area contributed by atoms with E-state index < -0.39 is 17.8 Å². The van der Waals surface area contributed by atoms with E-state index in [0.29, 0.717) is 69.6 Å². The molecule has 0 aromatic carbocycles. The second-order valence-corrected chi connectivity index (χ2v) is 35.5. The number of fused-ring (bicyclic) bond motifs is 5. The molecule has 0 radical (unpaired) electrons. The highest BCUT2D eigenvalue weighted by Gasteiger charge is 2.43. The van der Waals surface area contributed by atoms with Gasteiger partial charge in [0.25, 0.3) is 0 Å². The number of thiazole rings is 1. The van der Waals surface area contributed by atoms with Gasteiger partial charge in [-0.2, -0.15) is 5.10 Å². The first-order chi connectivity index (χ1) is 59.6. The van der Waals surface area contributed by atoms with E-state index >= 15 is 0 Å². The number of ketones is 5. The Balaban J connectivity index is 0.000000126. The molecule has 1 saturated carbocycles. The van der Waals surface area contributed by atoms with Crippen molar-refractivity contribution < 1.29 is 53.5 Å². The van der Waals surface area contributed by atoms with Crippen LogP contribution >= 0.6 is 11.3 Å².